The lowest BCUT2D eigenvalue weighted by atomic mass is 10.2. The number of fused-ring (bicyclic) bond motifs is 1. The van der Waals surface area contributed by atoms with Crippen LogP contribution in [0, 0.1) is 0 Å². The monoisotopic (exact) mass is 225 g/mol. The van der Waals surface area contributed by atoms with Gasteiger partial charge in [-0.1, -0.05) is 28.0 Å². The molecule has 2 aromatic rings. The van der Waals surface area contributed by atoms with Crippen LogP contribution in [0.4, 0.5) is 0 Å². The first-order chi connectivity index (χ1) is 5.81. The van der Waals surface area contributed by atoms with Crippen molar-refractivity contribution >= 4 is 26.9 Å². The lowest BCUT2D eigenvalue weighted by Crippen LogP contribution is -1.78. The average molecular weight is 226 g/mol. The molecule has 1 aromatic heterocycles. The van der Waals surface area contributed by atoms with Crippen molar-refractivity contribution in [2.75, 3.05) is 0 Å². The van der Waals surface area contributed by atoms with Crippen molar-refractivity contribution in [3.63, 3.8) is 0 Å². The van der Waals surface area contributed by atoms with E-state index in [4.69, 9.17) is 4.52 Å². The third kappa shape index (κ3) is 1.14. The number of hydrogen-bond acceptors (Lipinski definition) is 2. The van der Waals surface area contributed by atoms with Gasteiger partial charge in [-0.2, -0.15) is 0 Å². The van der Waals surface area contributed by atoms with Gasteiger partial charge in [0.2, 0.25) is 0 Å². The van der Waals surface area contributed by atoms with E-state index in [1.54, 1.807) is 0 Å². The van der Waals surface area contributed by atoms with Crippen LogP contribution in [0.1, 0.15) is 12.6 Å². The fourth-order valence-corrected chi connectivity index (χ4v) is 1.58. The Morgan fingerprint density at radius 2 is 2.33 bits per heavy atom. The molecule has 1 heterocycles. The summed E-state index contributed by atoms with van der Waals surface area (Å²) in [5.74, 6) is 0. The molecule has 0 aliphatic carbocycles. The molecule has 0 bridgehead atoms. The minimum Gasteiger partial charge on any atom is -0.356 e. The molecule has 0 saturated carbocycles. The summed E-state index contributed by atoms with van der Waals surface area (Å²) in [4.78, 5) is 0. The van der Waals surface area contributed by atoms with E-state index < -0.39 is 0 Å². The highest BCUT2D eigenvalue weighted by Crippen LogP contribution is 2.22. The Hall–Kier alpha value is -0.830. The van der Waals surface area contributed by atoms with Gasteiger partial charge in [0.15, 0.2) is 5.58 Å². The second kappa shape index (κ2) is 2.90. The number of hydrogen-bond donors (Lipinski definition) is 0. The SMILES string of the molecule is CCc1noc2ccc(Br)cc12. The number of rotatable bonds is 1. The smallest absolute Gasteiger partial charge is 0.167 e. The van der Waals surface area contributed by atoms with Crippen molar-refractivity contribution < 1.29 is 4.52 Å². The normalized spacial score (nSPS) is 10.8. The van der Waals surface area contributed by atoms with E-state index in [2.05, 4.69) is 28.0 Å². The van der Waals surface area contributed by atoms with Crippen LogP contribution in [0.25, 0.3) is 11.0 Å². The molecule has 0 radical (unpaired) electrons. The molecule has 1 aromatic carbocycles. The minimum absolute atomic E-state index is 0.857. The topological polar surface area (TPSA) is 26.0 Å². The van der Waals surface area contributed by atoms with Crippen LogP contribution in [0.3, 0.4) is 0 Å². The van der Waals surface area contributed by atoms with E-state index >= 15 is 0 Å². The Balaban J connectivity index is 2.75. The summed E-state index contributed by atoms with van der Waals surface area (Å²) in [6, 6.07) is 5.91. The largest absolute Gasteiger partial charge is 0.356 e. The summed E-state index contributed by atoms with van der Waals surface area (Å²) in [6.45, 7) is 2.07. The molecular formula is C9H8BrNO. The molecule has 12 heavy (non-hydrogen) atoms. The molecule has 62 valence electrons. The highest BCUT2D eigenvalue weighted by atomic mass is 79.9. The van der Waals surface area contributed by atoms with Gasteiger partial charge in [0.05, 0.1) is 5.69 Å². The molecule has 2 rings (SSSR count). The molecule has 0 spiro atoms. The number of nitrogens with zero attached hydrogens (tertiary/aromatic N) is 1. The van der Waals surface area contributed by atoms with Crippen molar-refractivity contribution in [1.29, 1.82) is 0 Å². The highest BCUT2D eigenvalue weighted by molar-refractivity contribution is 9.10. The van der Waals surface area contributed by atoms with E-state index in [0.717, 1.165) is 27.6 Å². The van der Waals surface area contributed by atoms with Gasteiger partial charge in [-0.25, -0.2) is 0 Å². The summed E-state index contributed by atoms with van der Waals surface area (Å²) in [7, 11) is 0. The maximum absolute atomic E-state index is 5.12. The van der Waals surface area contributed by atoms with Crippen molar-refractivity contribution in [2.24, 2.45) is 0 Å². The molecule has 3 heteroatoms. The average Bonchev–Trinajstić information content (AvgIpc) is 2.46. The summed E-state index contributed by atoms with van der Waals surface area (Å²) >= 11 is 3.41. The first-order valence-corrected chi connectivity index (χ1v) is 4.64. The third-order valence-corrected chi connectivity index (χ3v) is 2.33. The zero-order valence-electron chi connectivity index (χ0n) is 6.67. The Labute approximate surface area is 78.7 Å². The lowest BCUT2D eigenvalue weighted by Gasteiger charge is -1.90. The van der Waals surface area contributed by atoms with Gasteiger partial charge in [0.1, 0.15) is 0 Å². The van der Waals surface area contributed by atoms with Crippen LogP contribution >= 0.6 is 15.9 Å². The summed E-state index contributed by atoms with van der Waals surface area (Å²) in [5.41, 5.74) is 1.88. The molecule has 0 fully saturated rings. The number of halogens is 1. The van der Waals surface area contributed by atoms with E-state index in [-0.39, 0.29) is 0 Å². The van der Waals surface area contributed by atoms with Gasteiger partial charge in [0, 0.05) is 9.86 Å². The van der Waals surface area contributed by atoms with Gasteiger partial charge < -0.3 is 4.52 Å². The van der Waals surface area contributed by atoms with Crippen LogP contribution in [-0.2, 0) is 6.42 Å². The highest BCUT2D eigenvalue weighted by Gasteiger charge is 2.05. The van der Waals surface area contributed by atoms with Crippen molar-refractivity contribution in [3.05, 3.63) is 28.4 Å². The lowest BCUT2D eigenvalue weighted by molar-refractivity contribution is 0.447. The predicted molar refractivity (Wildman–Crippen MR) is 51.1 cm³/mol. The van der Waals surface area contributed by atoms with Gasteiger partial charge >= 0.3 is 0 Å². The van der Waals surface area contributed by atoms with Crippen LogP contribution in [0.5, 0.6) is 0 Å². The zero-order valence-corrected chi connectivity index (χ0v) is 8.26. The second-order valence-corrected chi connectivity index (χ2v) is 3.54. The summed E-state index contributed by atoms with van der Waals surface area (Å²) in [5, 5.41) is 5.06. The molecule has 2 nitrogen and oxygen atoms in total. The van der Waals surface area contributed by atoms with E-state index in [1.807, 2.05) is 18.2 Å². The number of benzene rings is 1. The molecule has 0 unspecified atom stereocenters. The number of aryl methyl sites for hydroxylation is 1. The Morgan fingerprint density at radius 1 is 1.50 bits per heavy atom. The van der Waals surface area contributed by atoms with Crippen LogP contribution in [0.15, 0.2) is 27.2 Å². The minimum atomic E-state index is 0.857. The molecule has 0 atom stereocenters. The Kier molecular flexibility index (Phi) is 1.89. The maximum Gasteiger partial charge on any atom is 0.167 e. The summed E-state index contributed by atoms with van der Waals surface area (Å²) < 4.78 is 6.19. The van der Waals surface area contributed by atoms with Crippen LogP contribution < -0.4 is 0 Å². The molecular weight excluding hydrogens is 218 g/mol. The van der Waals surface area contributed by atoms with Crippen molar-refractivity contribution in [1.82, 2.24) is 5.16 Å². The fourth-order valence-electron chi connectivity index (χ4n) is 1.22. The Morgan fingerprint density at radius 3 is 3.08 bits per heavy atom. The van der Waals surface area contributed by atoms with Gasteiger partial charge in [-0.3, -0.25) is 0 Å². The standard InChI is InChI=1S/C9H8BrNO/c1-2-8-7-5-6(10)3-4-9(7)12-11-8/h3-5H,2H2,1H3. The van der Waals surface area contributed by atoms with Gasteiger partial charge in [-0.05, 0) is 24.6 Å². The molecule has 0 amide bonds. The second-order valence-electron chi connectivity index (χ2n) is 2.62. The summed E-state index contributed by atoms with van der Waals surface area (Å²) in [6.07, 6.45) is 0.906. The van der Waals surface area contributed by atoms with Crippen molar-refractivity contribution in [3.8, 4) is 0 Å². The fraction of sp³-hybridized carbons (Fsp3) is 0.222. The number of aromatic nitrogens is 1. The molecule has 0 aliphatic heterocycles. The van der Waals surface area contributed by atoms with E-state index in [9.17, 15) is 0 Å². The first kappa shape index (κ1) is 7.80. The zero-order chi connectivity index (χ0) is 8.55. The van der Waals surface area contributed by atoms with Gasteiger partial charge in [0.25, 0.3) is 0 Å². The first-order valence-electron chi connectivity index (χ1n) is 3.85. The third-order valence-electron chi connectivity index (χ3n) is 1.84. The molecule has 0 saturated heterocycles. The molecule has 0 aliphatic rings. The molecule has 0 N–H and O–H groups in total. The van der Waals surface area contributed by atoms with E-state index in [1.165, 1.54) is 0 Å². The van der Waals surface area contributed by atoms with Crippen LogP contribution in [0.2, 0.25) is 0 Å². The predicted octanol–water partition coefficient (Wildman–Crippen LogP) is 3.15. The van der Waals surface area contributed by atoms with Crippen LogP contribution in [-0.4, -0.2) is 5.16 Å². The Bertz CT molecular complexity index is 408. The van der Waals surface area contributed by atoms with Crippen molar-refractivity contribution in [2.45, 2.75) is 13.3 Å². The van der Waals surface area contributed by atoms with E-state index in [0.29, 0.717) is 0 Å². The van der Waals surface area contributed by atoms with Gasteiger partial charge in [-0.15, -0.1) is 0 Å². The quantitative estimate of drug-likeness (QED) is 0.746. The maximum atomic E-state index is 5.12.